The predicted octanol–water partition coefficient (Wildman–Crippen LogP) is 5.01. The van der Waals surface area contributed by atoms with Gasteiger partial charge in [-0.15, -0.1) is 4.91 Å². The summed E-state index contributed by atoms with van der Waals surface area (Å²) in [4.78, 5) is 22.4. The standard InChI is InChI=1S/C27H25NO5/c1-32-25(27(29)30)19-21-12-10-20(11-13-21)7-5-6-18-33-24-16-14-23(15-17-24)26(28-31)22-8-3-2-4-9-22/h2-4,8-17,25-26H,6,18-19H2,1H3,(H,29,30). The molecule has 0 aliphatic rings. The van der Waals surface area contributed by atoms with Gasteiger partial charge in [-0.05, 0) is 41.0 Å². The van der Waals surface area contributed by atoms with Gasteiger partial charge in [0, 0.05) is 25.5 Å². The van der Waals surface area contributed by atoms with Crippen LogP contribution >= 0.6 is 0 Å². The lowest BCUT2D eigenvalue weighted by molar-refractivity contribution is -0.148. The molecule has 0 aliphatic carbocycles. The van der Waals surface area contributed by atoms with E-state index in [2.05, 4.69) is 17.0 Å². The molecule has 0 saturated carbocycles. The van der Waals surface area contributed by atoms with Gasteiger partial charge < -0.3 is 14.6 Å². The molecule has 3 rings (SSSR count). The molecule has 0 aromatic heterocycles. The van der Waals surface area contributed by atoms with Crippen LogP contribution in [0.25, 0.3) is 0 Å². The number of rotatable bonds is 10. The van der Waals surface area contributed by atoms with E-state index in [-0.39, 0.29) is 0 Å². The van der Waals surface area contributed by atoms with Gasteiger partial charge in [-0.25, -0.2) is 4.79 Å². The molecule has 0 bridgehead atoms. The Kier molecular flexibility index (Phi) is 8.75. The number of methoxy groups -OCH3 is 1. The normalized spacial score (nSPS) is 12.2. The molecule has 168 valence electrons. The Bertz CT molecular complexity index is 1100. The molecule has 0 saturated heterocycles. The Hall–Kier alpha value is -3.95. The van der Waals surface area contributed by atoms with Crippen molar-refractivity contribution in [1.82, 2.24) is 0 Å². The summed E-state index contributed by atoms with van der Waals surface area (Å²) in [5, 5.41) is 12.3. The third kappa shape index (κ3) is 7.03. The van der Waals surface area contributed by atoms with E-state index >= 15 is 0 Å². The molecule has 2 unspecified atom stereocenters. The lowest BCUT2D eigenvalue weighted by Gasteiger charge is -2.11. The van der Waals surface area contributed by atoms with Crippen LogP contribution in [0.1, 0.15) is 34.7 Å². The molecule has 0 spiro atoms. The maximum atomic E-state index is 11.3. The average Bonchev–Trinajstić information content (AvgIpc) is 2.85. The summed E-state index contributed by atoms with van der Waals surface area (Å²) < 4.78 is 10.7. The van der Waals surface area contributed by atoms with E-state index in [1.54, 1.807) is 0 Å². The third-order valence-electron chi connectivity index (χ3n) is 5.08. The minimum Gasteiger partial charge on any atom is -0.493 e. The van der Waals surface area contributed by atoms with Gasteiger partial charge in [0.15, 0.2) is 6.10 Å². The van der Waals surface area contributed by atoms with Crippen molar-refractivity contribution in [3.05, 3.63) is 106 Å². The zero-order valence-electron chi connectivity index (χ0n) is 18.3. The predicted molar refractivity (Wildman–Crippen MR) is 126 cm³/mol. The summed E-state index contributed by atoms with van der Waals surface area (Å²) in [6.07, 6.45) is 0.00454. The number of carbonyl (C=O) groups is 1. The summed E-state index contributed by atoms with van der Waals surface area (Å²) in [5.74, 6) is 5.87. The van der Waals surface area contributed by atoms with E-state index in [9.17, 15) is 9.70 Å². The van der Waals surface area contributed by atoms with Crippen LogP contribution in [0, 0.1) is 16.7 Å². The molecule has 6 heteroatoms. The second-order valence-electron chi connectivity index (χ2n) is 7.35. The SMILES string of the molecule is COC(Cc1ccc(C#CCCOc2ccc(C(N=O)c3ccccc3)cc2)cc1)C(=O)O. The van der Waals surface area contributed by atoms with E-state index in [1.165, 1.54) is 7.11 Å². The summed E-state index contributed by atoms with van der Waals surface area (Å²) in [5.41, 5.74) is 3.39. The van der Waals surface area contributed by atoms with Crippen LogP contribution in [-0.2, 0) is 16.0 Å². The fourth-order valence-corrected chi connectivity index (χ4v) is 3.29. The van der Waals surface area contributed by atoms with E-state index in [0.717, 1.165) is 22.3 Å². The fraction of sp³-hybridized carbons (Fsp3) is 0.222. The molecule has 0 heterocycles. The van der Waals surface area contributed by atoms with Crippen LogP contribution in [0.4, 0.5) is 0 Å². The van der Waals surface area contributed by atoms with Crippen molar-refractivity contribution in [3.8, 4) is 17.6 Å². The minimum atomic E-state index is -0.979. The van der Waals surface area contributed by atoms with Gasteiger partial charge >= 0.3 is 5.97 Å². The van der Waals surface area contributed by atoms with Crippen molar-refractivity contribution < 1.29 is 19.4 Å². The molecule has 0 fully saturated rings. The number of ether oxygens (including phenoxy) is 2. The van der Waals surface area contributed by atoms with Crippen LogP contribution in [-0.4, -0.2) is 30.9 Å². The number of hydrogen-bond acceptors (Lipinski definition) is 5. The molecule has 6 nitrogen and oxygen atoms in total. The van der Waals surface area contributed by atoms with Gasteiger partial charge in [-0.3, -0.25) is 0 Å². The lowest BCUT2D eigenvalue weighted by Crippen LogP contribution is -2.24. The number of hydrogen-bond donors (Lipinski definition) is 1. The third-order valence-corrected chi connectivity index (χ3v) is 5.08. The Morgan fingerprint density at radius 1 is 0.970 bits per heavy atom. The monoisotopic (exact) mass is 443 g/mol. The number of nitroso groups, excluding NO2 is 1. The first-order valence-electron chi connectivity index (χ1n) is 10.5. The molecule has 3 aromatic rings. The van der Waals surface area contributed by atoms with Gasteiger partial charge in [0.05, 0.1) is 6.61 Å². The molecule has 0 radical (unpaired) electrons. The molecule has 3 aromatic carbocycles. The Morgan fingerprint density at radius 3 is 2.24 bits per heavy atom. The highest BCUT2D eigenvalue weighted by atomic mass is 16.5. The minimum absolute atomic E-state index is 0.307. The van der Waals surface area contributed by atoms with Gasteiger partial charge in [0.1, 0.15) is 11.8 Å². The van der Waals surface area contributed by atoms with Crippen LogP contribution in [0.2, 0.25) is 0 Å². The van der Waals surface area contributed by atoms with Gasteiger partial charge in [-0.1, -0.05) is 71.6 Å². The van der Waals surface area contributed by atoms with Gasteiger partial charge in [-0.2, -0.15) is 0 Å². The van der Waals surface area contributed by atoms with Crippen molar-refractivity contribution in [1.29, 1.82) is 0 Å². The number of benzene rings is 3. The topological polar surface area (TPSA) is 85.2 Å². The first-order valence-corrected chi connectivity index (χ1v) is 10.5. The van der Waals surface area contributed by atoms with E-state index < -0.39 is 18.1 Å². The number of aliphatic carboxylic acids is 1. The summed E-state index contributed by atoms with van der Waals surface area (Å²) in [6, 6.07) is 23.7. The summed E-state index contributed by atoms with van der Waals surface area (Å²) in [6.45, 7) is 0.437. The highest BCUT2D eigenvalue weighted by Gasteiger charge is 2.16. The van der Waals surface area contributed by atoms with Gasteiger partial charge in [0.2, 0.25) is 0 Å². The van der Waals surface area contributed by atoms with Crippen molar-refractivity contribution in [3.63, 3.8) is 0 Å². The highest BCUT2D eigenvalue weighted by Crippen LogP contribution is 2.27. The smallest absolute Gasteiger partial charge is 0.333 e. The van der Waals surface area contributed by atoms with Gasteiger partial charge in [0.25, 0.3) is 0 Å². The summed E-state index contributed by atoms with van der Waals surface area (Å²) in [7, 11) is 1.39. The van der Waals surface area contributed by atoms with Crippen LogP contribution in [0.15, 0.2) is 84.0 Å². The second kappa shape index (κ2) is 12.2. The number of nitrogens with zero attached hydrogens (tertiary/aromatic N) is 1. The molecular weight excluding hydrogens is 418 g/mol. The number of carboxylic acid groups (broad SMARTS) is 1. The quantitative estimate of drug-likeness (QED) is 0.271. The van der Waals surface area contributed by atoms with Crippen molar-refractivity contribution >= 4 is 5.97 Å². The molecule has 0 aliphatic heterocycles. The number of carboxylic acids is 1. The molecular formula is C27H25NO5. The Morgan fingerprint density at radius 2 is 1.64 bits per heavy atom. The summed E-state index contributed by atoms with van der Waals surface area (Å²) >= 11 is 0. The van der Waals surface area contributed by atoms with E-state index in [1.807, 2.05) is 78.9 Å². The van der Waals surface area contributed by atoms with Crippen LogP contribution < -0.4 is 4.74 Å². The van der Waals surface area contributed by atoms with E-state index in [0.29, 0.717) is 25.2 Å². The van der Waals surface area contributed by atoms with Crippen molar-refractivity contribution in [2.24, 2.45) is 5.18 Å². The zero-order valence-corrected chi connectivity index (χ0v) is 18.3. The maximum Gasteiger partial charge on any atom is 0.333 e. The zero-order chi connectivity index (χ0) is 23.5. The average molecular weight is 443 g/mol. The first kappa shape index (κ1) is 23.7. The first-order chi connectivity index (χ1) is 16.1. The van der Waals surface area contributed by atoms with Crippen LogP contribution in [0.3, 0.4) is 0 Å². The highest BCUT2D eigenvalue weighted by molar-refractivity contribution is 5.72. The fourth-order valence-electron chi connectivity index (χ4n) is 3.29. The second-order valence-corrected chi connectivity index (χ2v) is 7.35. The molecule has 0 amide bonds. The van der Waals surface area contributed by atoms with Crippen molar-refractivity contribution in [2.75, 3.05) is 13.7 Å². The molecule has 2 atom stereocenters. The van der Waals surface area contributed by atoms with Crippen molar-refractivity contribution in [2.45, 2.75) is 25.0 Å². The lowest BCUT2D eigenvalue weighted by atomic mass is 10.00. The van der Waals surface area contributed by atoms with E-state index in [4.69, 9.17) is 14.6 Å². The largest absolute Gasteiger partial charge is 0.493 e. The maximum absolute atomic E-state index is 11.3. The van der Waals surface area contributed by atoms with Crippen LogP contribution in [0.5, 0.6) is 5.75 Å². The Labute approximate surface area is 193 Å². The molecule has 1 N–H and O–H groups in total. The Balaban J connectivity index is 1.48. The molecule has 33 heavy (non-hydrogen) atoms.